The normalized spacial score (nSPS) is 12.5. The van der Waals surface area contributed by atoms with E-state index in [-0.39, 0.29) is 5.25 Å². The largest absolute Gasteiger partial charge is 0.424 e. The van der Waals surface area contributed by atoms with Crippen molar-refractivity contribution in [1.82, 2.24) is 29.9 Å². The number of methoxy groups -OCH3 is 1. The monoisotopic (exact) mass is 346 g/mol. The molecule has 24 heavy (non-hydrogen) atoms. The van der Waals surface area contributed by atoms with Gasteiger partial charge in [-0.25, -0.2) is 0 Å². The Labute approximate surface area is 143 Å². The van der Waals surface area contributed by atoms with Crippen LogP contribution < -0.4 is 0 Å². The number of nitrogens with zero attached hydrogens (tertiary/aromatic N) is 6. The van der Waals surface area contributed by atoms with Gasteiger partial charge in [0.1, 0.15) is 0 Å². The van der Waals surface area contributed by atoms with Gasteiger partial charge in [0, 0.05) is 32.0 Å². The second-order valence-electron chi connectivity index (χ2n) is 5.11. The number of aryl methyl sites for hydroxylation is 1. The van der Waals surface area contributed by atoms with Crippen LogP contribution in [0.3, 0.4) is 0 Å². The highest BCUT2D eigenvalue weighted by atomic mass is 32.2. The summed E-state index contributed by atoms with van der Waals surface area (Å²) in [6, 6.07) is 3.82. The number of hydrogen-bond acceptors (Lipinski definition) is 8. The maximum atomic E-state index is 5.50. The second-order valence-corrected chi connectivity index (χ2v) is 6.41. The van der Waals surface area contributed by atoms with Gasteiger partial charge in [0.15, 0.2) is 11.0 Å². The molecule has 3 aromatic rings. The van der Waals surface area contributed by atoms with Crippen molar-refractivity contribution in [3.05, 3.63) is 36.3 Å². The first-order valence-electron chi connectivity index (χ1n) is 7.48. The van der Waals surface area contributed by atoms with Crippen LogP contribution >= 0.6 is 11.8 Å². The van der Waals surface area contributed by atoms with Crippen LogP contribution in [0.15, 0.2) is 34.1 Å². The van der Waals surface area contributed by atoms with Gasteiger partial charge in [-0.15, -0.1) is 20.4 Å². The fourth-order valence-corrected chi connectivity index (χ4v) is 3.06. The number of rotatable bonds is 7. The van der Waals surface area contributed by atoms with E-state index in [1.54, 1.807) is 26.4 Å². The first kappa shape index (κ1) is 16.6. The summed E-state index contributed by atoms with van der Waals surface area (Å²) in [6.07, 6.45) is 3.47. The number of ether oxygens (including phenoxy) is 1. The van der Waals surface area contributed by atoms with Crippen LogP contribution in [-0.4, -0.2) is 43.7 Å². The van der Waals surface area contributed by atoms with Gasteiger partial charge >= 0.3 is 0 Å². The van der Waals surface area contributed by atoms with Crippen molar-refractivity contribution in [1.29, 1.82) is 0 Å². The Balaban J connectivity index is 1.88. The van der Waals surface area contributed by atoms with Gasteiger partial charge in [0.2, 0.25) is 11.8 Å². The molecule has 0 spiro atoms. The highest BCUT2D eigenvalue weighted by Crippen LogP contribution is 2.34. The van der Waals surface area contributed by atoms with Crippen molar-refractivity contribution in [3.8, 4) is 11.4 Å². The Morgan fingerprint density at radius 2 is 2.00 bits per heavy atom. The van der Waals surface area contributed by atoms with Gasteiger partial charge < -0.3 is 9.15 Å². The molecule has 0 fully saturated rings. The van der Waals surface area contributed by atoms with Gasteiger partial charge in [-0.3, -0.25) is 9.55 Å². The number of pyridine rings is 1. The molecule has 0 saturated heterocycles. The van der Waals surface area contributed by atoms with E-state index in [4.69, 9.17) is 9.15 Å². The Bertz CT molecular complexity index is 788. The Hall–Kier alpha value is -2.26. The zero-order chi connectivity index (χ0) is 16.9. The summed E-state index contributed by atoms with van der Waals surface area (Å²) in [5.41, 5.74) is 0.960. The zero-order valence-electron chi connectivity index (χ0n) is 13.7. The second kappa shape index (κ2) is 7.54. The fourth-order valence-electron chi connectivity index (χ4n) is 2.16. The predicted molar refractivity (Wildman–Crippen MR) is 88.4 cm³/mol. The molecule has 1 unspecified atom stereocenters. The smallest absolute Gasteiger partial charge is 0.229 e. The van der Waals surface area contributed by atoms with Crippen molar-refractivity contribution in [2.45, 2.75) is 30.8 Å². The third-order valence-corrected chi connectivity index (χ3v) is 4.41. The topological polar surface area (TPSA) is 91.8 Å². The molecule has 3 rings (SSSR count). The molecule has 9 heteroatoms. The molecule has 3 aromatic heterocycles. The third kappa shape index (κ3) is 3.62. The summed E-state index contributed by atoms with van der Waals surface area (Å²) in [4.78, 5) is 4.04. The first-order valence-corrected chi connectivity index (χ1v) is 8.36. The molecule has 0 aliphatic carbocycles. The maximum absolute atomic E-state index is 5.50. The summed E-state index contributed by atoms with van der Waals surface area (Å²) < 4.78 is 12.7. The summed E-state index contributed by atoms with van der Waals surface area (Å²) in [6.45, 7) is 4.99. The highest BCUT2D eigenvalue weighted by molar-refractivity contribution is 7.99. The van der Waals surface area contributed by atoms with Gasteiger partial charge in [-0.2, -0.15) is 0 Å². The van der Waals surface area contributed by atoms with Crippen LogP contribution in [0.1, 0.15) is 24.0 Å². The van der Waals surface area contributed by atoms with Crippen molar-refractivity contribution in [2.24, 2.45) is 0 Å². The van der Waals surface area contributed by atoms with E-state index in [0.29, 0.717) is 24.9 Å². The molecular weight excluding hydrogens is 328 g/mol. The first-order chi connectivity index (χ1) is 11.7. The SMILES string of the molecule is COCCn1c(SC(C)c2nnc(C)o2)nnc1-c1ccncc1. The molecule has 126 valence electrons. The van der Waals surface area contributed by atoms with Gasteiger partial charge in [0.05, 0.1) is 18.4 Å². The Morgan fingerprint density at radius 3 is 2.67 bits per heavy atom. The lowest BCUT2D eigenvalue weighted by Gasteiger charge is -2.11. The fraction of sp³-hybridized carbons (Fsp3) is 0.400. The molecule has 0 radical (unpaired) electrons. The van der Waals surface area contributed by atoms with Crippen molar-refractivity contribution in [3.63, 3.8) is 0 Å². The van der Waals surface area contributed by atoms with Gasteiger partial charge in [-0.05, 0) is 19.1 Å². The zero-order valence-corrected chi connectivity index (χ0v) is 14.5. The lowest BCUT2D eigenvalue weighted by atomic mass is 10.2. The quantitative estimate of drug-likeness (QED) is 0.603. The van der Waals surface area contributed by atoms with Crippen molar-refractivity contribution < 1.29 is 9.15 Å². The predicted octanol–water partition coefficient (Wildman–Crippen LogP) is 2.53. The van der Waals surface area contributed by atoms with Crippen molar-refractivity contribution in [2.75, 3.05) is 13.7 Å². The Morgan fingerprint density at radius 1 is 1.21 bits per heavy atom. The molecule has 1 atom stereocenters. The maximum Gasteiger partial charge on any atom is 0.229 e. The summed E-state index contributed by atoms with van der Waals surface area (Å²) >= 11 is 1.52. The highest BCUT2D eigenvalue weighted by Gasteiger charge is 2.20. The minimum atomic E-state index is -0.0259. The minimum Gasteiger partial charge on any atom is -0.424 e. The minimum absolute atomic E-state index is 0.0259. The van der Waals surface area contributed by atoms with E-state index < -0.39 is 0 Å². The molecular formula is C15H18N6O2S. The van der Waals surface area contributed by atoms with Gasteiger partial charge in [0.25, 0.3) is 0 Å². The molecule has 0 amide bonds. The van der Waals surface area contributed by atoms with E-state index in [0.717, 1.165) is 16.5 Å². The van der Waals surface area contributed by atoms with Crippen LogP contribution in [0.2, 0.25) is 0 Å². The molecule has 3 heterocycles. The number of thioether (sulfide) groups is 1. The van der Waals surface area contributed by atoms with Crippen LogP contribution in [0.25, 0.3) is 11.4 Å². The van der Waals surface area contributed by atoms with Crippen LogP contribution in [-0.2, 0) is 11.3 Å². The molecule has 0 aromatic carbocycles. The van der Waals surface area contributed by atoms with Crippen LogP contribution in [0.5, 0.6) is 0 Å². The van der Waals surface area contributed by atoms with E-state index in [1.165, 1.54) is 11.8 Å². The van der Waals surface area contributed by atoms with E-state index in [1.807, 2.05) is 23.6 Å². The van der Waals surface area contributed by atoms with Crippen LogP contribution in [0, 0.1) is 6.92 Å². The lowest BCUT2D eigenvalue weighted by Crippen LogP contribution is -2.08. The lowest BCUT2D eigenvalue weighted by molar-refractivity contribution is 0.185. The van der Waals surface area contributed by atoms with E-state index in [9.17, 15) is 0 Å². The van der Waals surface area contributed by atoms with E-state index in [2.05, 4.69) is 25.4 Å². The summed E-state index contributed by atoms with van der Waals surface area (Å²) in [5, 5.41) is 17.4. The average Bonchev–Trinajstić information content (AvgIpc) is 3.20. The molecule has 0 bridgehead atoms. The third-order valence-electron chi connectivity index (χ3n) is 3.35. The molecule has 0 N–H and O–H groups in total. The standard InChI is InChI=1S/C15H18N6O2S/c1-10(14-19-17-11(2)23-14)24-15-20-18-13(21(15)8-9-22-3)12-4-6-16-7-5-12/h4-7,10H,8-9H2,1-3H3. The molecule has 0 aliphatic rings. The van der Waals surface area contributed by atoms with Gasteiger partial charge in [-0.1, -0.05) is 11.8 Å². The molecule has 0 saturated carbocycles. The number of hydrogen-bond donors (Lipinski definition) is 0. The Kier molecular flexibility index (Phi) is 5.21. The molecule has 8 nitrogen and oxygen atoms in total. The molecule has 0 aliphatic heterocycles. The summed E-state index contributed by atoms with van der Waals surface area (Å²) in [7, 11) is 1.67. The van der Waals surface area contributed by atoms with Crippen molar-refractivity contribution >= 4 is 11.8 Å². The average molecular weight is 346 g/mol. The number of aromatic nitrogens is 6. The van der Waals surface area contributed by atoms with Crippen LogP contribution in [0.4, 0.5) is 0 Å². The summed E-state index contributed by atoms with van der Waals surface area (Å²) in [5.74, 6) is 1.91. The van der Waals surface area contributed by atoms with E-state index >= 15 is 0 Å².